The first-order chi connectivity index (χ1) is 13.7. The van der Waals surface area contributed by atoms with Crippen LogP contribution in [-0.4, -0.2) is 44.3 Å². The first-order valence-electron chi connectivity index (χ1n) is 9.09. The SMILES string of the molecule is COc1ccc(CCN=C2N=C(C(F)(F)F)N=C3C(C)=CC(C)=CC23)cc1OC. The van der Waals surface area contributed by atoms with Gasteiger partial charge in [-0.25, -0.2) is 9.98 Å². The molecule has 0 aromatic heterocycles. The molecular weight excluding hydrogens is 383 g/mol. The Hall–Kier alpha value is -2.90. The third-order valence-corrected chi connectivity index (χ3v) is 4.67. The molecule has 8 heteroatoms. The van der Waals surface area contributed by atoms with Gasteiger partial charge in [-0.15, -0.1) is 0 Å². The number of rotatable bonds is 5. The molecule has 0 bridgehead atoms. The molecule has 0 N–H and O–H groups in total. The summed E-state index contributed by atoms with van der Waals surface area (Å²) in [5.41, 5.74) is 2.93. The number of fused-ring (bicyclic) bond motifs is 1. The normalized spacial score (nSPS) is 20.4. The highest BCUT2D eigenvalue weighted by atomic mass is 19.4. The van der Waals surface area contributed by atoms with E-state index in [1.807, 2.05) is 31.2 Å². The van der Waals surface area contributed by atoms with Crippen molar-refractivity contribution in [3.63, 3.8) is 0 Å². The minimum Gasteiger partial charge on any atom is -0.493 e. The Kier molecular flexibility index (Phi) is 5.91. The Morgan fingerprint density at radius 1 is 1.07 bits per heavy atom. The summed E-state index contributed by atoms with van der Waals surface area (Å²) >= 11 is 0. The van der Waals surface area contributed by atoms with Gasteiger partial charge in [0.2, 0.25) is 5.84 Å². The number of amidine groups is 2. The smallest absolute Gasteiger partial charge is 0.451 e. The van der Waals surface area contributed by atoms with Crippen LogP contribution in [0, 0.1) is 5.92 Å². The zero-order chi connectivity index (χ0) is 21.2. The highest BCUT2D eigenvalue weighted by Crippen LogP contribution is 2.30. The highest BCUT2D eigenvalue weighted by molar-refractivity contribution is 6.25. The van der Waals surface area contributed by atoms with Crippen molar-refractivity contribution >= 4 is 17.4 Å². The minimum atomic E-state index is -4.63. The van der Waals surface area contributed by atoms with Crippen LogP contribution in [0.25, 0.3) is 0 Å². The second-order valence-electron chi connectivity index (χ2n) is 6.83. The maximum absolute atomic E-state index is 13.3. The maximum Gasteiger partial charge on any atom is 0.451 e. The number of alkyl halides is 3. The van der Waals surface area contributed by atoms with Crippen molar-refractivity contribution in [2.75, 3.05) is 20.8 Å². The van der Waals surface area contributed by atoms with Crippen molar-refractivity contribution < 1.29 is 22.6 Å². The molecule has 1 heterocycles. The van der Waals surface area contributed by atoms with Gasteiger partial charge in [-0.2, -0.15) is 13.2 Å². The maximum atomic E-state index is 13.3. The van der Waals surface area contributed by atoms with Crippen LogP contribution in [0.3, 0.4) is 0 Å². The average molecular weight is 405 g/mol. The van der Waals surface area contributed by atoms with Crippen molar-refractivity contribution in [2.24, 2.45) is 20.9 Å². The molecule has 154 valence electrons. The van der Waals surface area contributed by atoms with E-state index in [2.05, 4.69) is 15.0 Å². The third-order valence-electron chi connectivity index (χ3n) is 4.67. The second-order valence-corrected chi connectivity index (χ2v) is 6.83. The topological polar surface area (TPSA) is 55.5 Å². The molecule has 29 heavy (non-hydrogen) atoms. The highest BCUT2D eigenvalue weighted by Gasteiger charge is 2.41. The first-order valence-corrected chi connectivity index (χ1v) is 9.09. The number of ether oxygens (including phenoxy) is 2. The quantitative estimate of drug-likeness (QED) is 0.720. The van der Waals surface area contributed by atoms with Gasteiger partial charge in [-0.05, 0) is 43.5 Å². The van der Waals surface area contributed by atoms with Gasteiger partial charge >= 0.3 is 6.18 Å². The fraction of sp³-hybridized carbons (Fsp3) is 0.381. The van der Waals surface area contributed by atoms with E-state index in [-0.39, 0.29) is 5.84 Å². The summed E-state index contributed by atoms with van der Waals surface area (Å²) in [7, 11) is 3.10. The van der Waals surface area contributed by atoms with Crippen LogP contribution in [0.15, 0.2) is 56.5 Å². The van der Waals surface area contributed by atoms with Gasteiger partial charge in [0, 0.05) is 6.54 Å². The molecule has 5 nitrogen and oxygen atoms in total. The summed E-state index contributed by atoms with van der Waals surface area (Å²) in [6.07, 6.45) is -0.441. The van der Waals surface area contributed by atoms with Crippen LogP contribution in [0.2, 0.25) is 0 Å². The lowest BCUT2D eigenvalue weighted by molar-refractivity contribution is -0.0596. The Balaban J connectivity index is 1.86. The van der Waals surface area contributed by atoms with Crippen LogP contribution in [0.1, 0.15) is 19.4 Å². The van der Waals surface area contributed by atoms with E-state index < -0.39 is 17.9 Å². The minimum absolute atomic E-state index is 0.134. The van der Waals surface area contributed by atoms with Crippen molar-refractivity contribution in [3.05, 3.63) is 47.1 Å². The Bertz CT molecular complexity index is 956. The summed E-state index contributed by atoms with van der Waals surface area (Å²) in [6, 6.07) is 5.49. The summed E-state index contributed by atoms with van der Waals surface area (Å²) in [4.78, 5) is 11.9. The summed E-state index contributed by atoms with van der Waals surface area (Å²) in [6.45, 7) is 3.94. The lowest BCUT2D eigenvalue weighted by Gasteiger charge is -2.25. The molecule has 0 spiro atoms. The van der Waals surface area contributed by atoms with Crippen LogP contribution in [0.4, 0.5) is 13.2 Å². The number of aliphatic imine (C=N–C) groups is 3. The van der Waals surface area contributed by atoms with E-state index in [0.29, 0.717) is 35.7 Å². The number of hydrogen-bond donors (Lipinski definition) is 0. The van der Waals surface area contributed by atoms with Gasteiger partial charge in [-0.1, -0.05) is 23.8 Å². The van der Waals surface area contributed by atoms with Crippen molar-refractivity contribution in [1.82, 2.24) is 0 Å². The standard InChI is InChI=1S/C21H22F3N3O2/c1-12-9-13(2)18-15(10-12)19(27-20(26-18)21(22,23)24)25-8-7-14-5-6-16(28-3)17(11-14)29-4/h5-6,9-11,15H,7-8H2,1-4H3. The largest absolute Gasteiger partial charge is 0.493 e. The molecular formula is C21H22F3N3O2. The zero-order valence-electron chi connectivity index (χ0n) is 16.7. The van der Waals surface area contributed by atoms with E-state index in [1.54, 1.807) is 27.2 Å². The molecule has 1 unspecified atom stereocenters. The van der Waals surface area contributed by atoms with Gasteiger partial charge in [0.25, 0.3) is 0 Å². The number of allylic oxidation sites excluding steroid dienone is 3. The number of benzene rings is 1. The number of hydrogen-bond acceptors (Lipinski definition) is 4. The van der Waals surface area contributed by atoms with E-state index in [4.69, 9.17) is 9.47 Å². The molecule has 1 aliphatic carbocycles. The molecule has 2 aliphatic rings. The molecule has 0 amide bonds. The second kappa shape index (κ2) is 8.23. The fourth-order valence-electron chi connectivity index (χ4n) is 3.32. The van der Waals surface area contributed by atoms with Crippen LogP contribution < -0.4 is 9.47 Å². The summed E-state index contributed by atoms with van der Waals surface area (Å²) in [5.74, 6) is -0.283. The van der Waals surface area contributed by atoms with E-state index in [9.17, 15) is 13.2 Å². The number of nitrogens with zero attached hydrogens (tertiary/aromatic N) is 3. The predicted octanol–water partition coefficient (Wildman–Crippen LogP) is 4.58. The van der Waals surface area contributed by atoms with Gasteiger partial charge in [0.1, 0.15) is 5.84 Å². The molecule has 0 saturated carbocycles. The van der Waals surface area contributed by atoms with Crippen LogP contribution in [0.5, 0.6) is 11.5 Å². The van der Waals surface area contributed by atoms with Gasteiger partial charge in [0.15, 0.2) is 11.5 Å². The fourth-order valence-corrected chi connectivity index (χ4v) is 3.32. The lowest BCUT2D eigenvalue weighted by atomic mass is 9.87. The molecule has 0 fully saturated rings. The molecule has 1 aromatic rings. The van der Waals surface area contributed by atoms with Gasteiger partial charge in [0.05, 0.1) is 25.8 Å². The molecule has 1 aromatic carbocycles. The number of halogens is 3. The molecule has 1 atom stereocenters. The Labute approximate surface area is 167 Å². The van der Waals surface area contributed by atoms with Crippen molar-refractivity contribution in [2.45, 2.75) is 26.4 Å². The molecule has 1 aliphatic heterocycles. The van der Waals surface area contributed by atoms with E-state index >= 15 is 0 Å². The first kappa shape index (κ1) is 20.8. The molecule has 0 radical (unpaired) electrons. The summed E-state index contributed by atoms with van der Waals surface area (Å²) < 4.78 is 50.3. The molecule has 0 saturated heterocycles. The third kappa shape index (κ3) is 4.58. The Morgan fingerprint density at radius 3 is 2.45 bits per heavy atom. The van der Waals surface area contributed by atoms with Crippen molar-refractivity contribution in [3.8, 4) is 11.5 Å². The number of methoxy groups -OCH3 is 2. The van der Waals surface area contributed by atoms with Crippen LogP contribution in [-0.2, 0) is 6.42 Å². The van der Waals surface area contributed by atoms with Gasteiger partial charge in [-0.3, -0.25) is 4.99 Å². The Morgan fingerprint density at radius 2 is 1.79 bits per heavy atom. The monoisotopic (exact) mass is 405 g/mol. The van der Waals surface area contributed by atoms with Crippen LogP contribution >= 0.6 is 0 Å². The summed E-state index contributed by atoms with van der Waals surface area (Å²) in [5, 5.41) is 0. The van der Waals surface area contributed by atoms with Gasteiger partial charge < -0.3 is 9.47 Å². The lowest BCUT2D eigenvalue weighted by Crippen LogP contribution is -2.35. The average Bonchev–Trinajstić information content (AvgIpc) is 2.67. The predicted molar refractivity (Wildman–Crippen MR) is 107 cm³/mol. The van der Waals surface area contributed by atoms with E-state index in [0.717, 1.165) is 11.1 Å². The van der Waals surface area contributed by atoms with Crippen molar-refractivity contribution in [1.29, 1.82) is 0 Å². The zero-order valence-corrected chi connectivity index (χ0v) is 16.7. The molecule has 3 rings (SSSR count). The van der Waals surface area contributed by atoms with E-state index in [1.165, 1.54) is 0 Å².